The van der Waals surface area contributed by atoms with Crippen LogP contribution in [0.3, 0.4) is 0 Å². The van der Waals surface area contributed by atoms with Gasteiger partial charge in [-0.3, -0.25) is 14.4 Å². The van der Waals surface area contributed by atoms with Gasteiger partial charge >= 0.3 is 11.9 Å². The zero-order valence-electron chi connectivity index (χ0n) is 17.5. The average molecular weight is 501 g/mol. The summed E-state index contributed by atoms with van der Waals surface area (Å²) in [6.45, 7) is 0. The van der Waals surface area contributed by atoms with E-state index in [-0.39, 0.29) is 29.7 Å². The first-order valence-corrected chi connectivity index (χ1v) is 11.7. The van der Waals surface area contributed by atoms with Crippen molar-refractivity contribution in [3.05, 3.63) is 62.9 Å². The molecule has 0 fully saturated rings. The molecule has 1 aliphatic carbocycles. The summed E-state index contributed by atoms with van der Waals surface area (Å²) in [4.78, 5) is 41.7. The van der Waals surface area contributed by atoms with Crippen LogP contribution in [0.2, 0.25) is 0 Å². The predicted octanol–water partition coefficient (Wildman–Crippen LogP) is 1.74. The van der Waals surface area contributed by atoms with E-state index in [4.69, 9.17) is 21.7 Å². The van der Waals surface area contributed by atoms with Crippen molar-refractivity contribution < 1.29 is 24.9 Å². The summed E-state index contributed by atoms with van der Waals surface area (Å²) < 4.78 is 0. The largest absolute Gasteiger partial charge is 0.506 e. The lowest BCUT2D eigenvalue weighted by molar-refractivity contribution is -0.139. The van der Waals surface area contributed by atoms with E-state index < -0.39 is 24.0 Å². The number of phenolic OH excluding ortho intramolecular Hbond substituents is 1. The third-order valence-electron chi connectivity index (χ3n) is 5.13. The van der Waals surface area contributed by atoms with Crippen LogP contribution in [0.25, 0.3) is 15.5 Å². The van der Waals surface area contributed by atoms with Crippen LogP contribution in [0, 0.1) is 0 Å². The Bertz CT molecular complexity index is 1360. The van der Waals surface area contributed by atoms with Crippen molar-refractivity contribution >= 4 is 45.6 Å². The number of rotatable bonds is 7. The second-order valence-corrected chi connectivity index (χ2v) is 9.87. The Morgan fingerprint density at radius 1 is 1.00 bits per heavy atom. The number of carboxylic acids is 2. The molecule has 1 aromatic rings. The summed E-state index contributed by atoms with van der Waals surface area (Å²) in [7, 11) is 0. The Labute approximate surface area is 201 Å². The molecule has 12 heteroatoms. The highest BCUT2D eigenvalue weighted by Gasteiger charge is 2.22. The summed E-state index contributed by atoms with van der Waals surface area (Å²) >= 11 is 2.67. The molecule has 0 amide bonds. The monoisotopic (exact) mass is 500 g/mol. The van der Waals surface area contributed by atoms with E-state index in [1.54, 1.807) is 24.5 Å². The van der Waals surface area contributed by atoms with Gasteiger partial charge in [0.15, 0.2) is 0 Å². The summed E-state index contributed by atoms with van der Waals surface area (Å²) in [5.41, 5.74) is 12.8. The highest BCUT2D eigenvalue weighted by atomic mass is 32.2. The number of benzene rings is 2. The van der Waals surface area contributed by atoms with E-state index in [9.17, 15) is 19.5 Å². The molecule has 1 aromatic carbocycles. The first-order valence-electron chi connectivity index (χ1n) is 10.0. The second kappa shape index (κ2) is 9.43. The normalized spacial score (nSPS) is 14.6. The number of anilines is 1. The number of hydrogen-bond acceptors (Lipinski definition) is 10. The quantitative estimate of drug-likeness (QED) is 0.259. The standard InChI is InChI=1S/C22H20N4O6S2/c23-11(21(29)30)1-9-3-13(27)19-15(5-9)33-17(7-25-19)18-8-26-20-14(28)4-10(6-16(20)34-18)2-12(24)22(31)32/h3-8,11-12,25,27H,1-2,23-24H2,(H,29,30)(H,31,32). The van der Waals surface area contributed by atoms with Gasteiger partial charge in [0.1, 0.15) is 23.5 Å². The van der Waals surface area contributed by atoms with Gasteiger partial charge in [-0.25, -0.2) is 4.98 Å². The molecule has 2 aliphatic heterocycles. The molecule has 0 spiro atoms. The van der Waals surface area contributed by atoms with Crippen LogP contribution in [0.1, 0.15) is 16.0 Å². The first kappa shape index (κ1) is 23.7. The smallest absolute Gasteiger partial charge is 0.320 e. The molecule has 176 valence electrons. The average Bonchev–Trinajstić information content (AvgIpc) is 2.78. The number of aromatic hydroxyl groups is 1. The van der Waals surface area contributed by atoms with E-state index in [1.807, 2.05) is 0 Å². The Morgan fingerprint density at radius 2 is 1.65 bits per heavy atom. The molecule has 0 radical (unpaired) electrons. The Kier molecular flexibility index (Phi) is 6.57. The predicted molar refractivity (Wildman–Crippen MR) is 129 cm³/mol. The van der Waals surface area contributed by atoms with E-state index in [0.29, 0.717) is 26.6 Å². The van der Waals surface area contributed by atoms with Crippen molar-refractivity contribution in [2.75, 3.05) is 5.32 Å². The van der Waals surface area contributed by atoms with Crippen LogP contribution in [0.5, 0.6) is 5.75 Å². The fourth-order valence-corrected chi connectivity index (χ4v) is 5.63. The number of nitrogens with one attached hydrogen (secondary N) is 1. The molecule has 8 N–H and O–H groups in total. The molecular formula is C22H20N4O6S2. The van der Waals surface area contributed by atoms with Crippen LogP contribution in [0.4, 0.5) is 5.69 Å². The number of carbonyl (C=O) groups is 2. The number of hydrogen-bond donors (Lipinski definition) is 6. The van der Waals surface area contributed by atoms with E-state index in [1.165, 1.54) is 35.2 Å². The lowest BCUT2D eigenvalue weighted by atomic mass is 10.0. The third-order valence-corrected chi connectivity index (χ3v) is 7.43. The number of carboxylic acid groups (broad SMARTS) is 2. The molecule has 2 unspecified atom stereocenters. The van der Waals surface area contributed by atoms with Crippen LogP contribution in [-0.2, 0) is 22.4 Å². The molecule has 0 saturated carbocycles. The van der Waals surface area contributed by atoms with Gasteiger partial charge in [0, 0.05) is 22.2 Å². The zero-order chi connectivity index (χ0) is 24.6. The van der Waals surface area contributed by atoms with Crippen molar-refractivity contribution in [1.29, 1.82) is 0 Å². The van der Waals surface area contributed by atoms with Crippen LogP contribution in [0.15, 0.2) is 46.4 Å². The minimum Gasteiger partial charge on any atom is -0.506 e. The zero-order valence-corrected chi connectivity index (χ0v) is 19.2. The Hall–Kier alpha value is -3.45. The lowest BCUT2D eigenvalue weighted by Gasteiger charge is -2.20. The summed E-state index contributed by atoms with van der Waals surface area (Å²) in [6, 6.07) is 4.10. The highest BCUT2D eigenvalue weighted by Crippen LogP contribution is 2.47. The number of fused-ring (bicyclic) bond motifs is 2. The Morgan fingerprint density at radius 3 is 2.29 bits per heavy atom. The topological polar surface area (TPSA) is 189 Å². The summed E-state index contributed by atoms with van der Waals surface area (Å²) in [6.07, 6.45) is 3.36. The van der Waals surface area contributed by atoms with Gasteiger partial charge in [-0.2, -0.15) is 0 Å². The van der Waals surface area contributed by atoms with Crippen LogP contribution >= 0.6 is 23.1 Å². The maximum absolute atomic E-state index is 12.5. The fourth-order valence-electron chi connectivity index (χ4n) is 3.43. The number of nitrogens with zero attached hydrogens (tertiary/aromatic N) is 1. The molecule has 0 bridgehead atoms. The number of thioether (sulfide) groups is 1. The Balaban J connectivity index is 1.65. The number of phenols is 1. The molecule has 2 atom stereocenters. The first-order chi connectivity index (χ1) is 16.1. The highest BCUT2D eigenvalue weighted by molar-refractivity contribution is 8.08. The number of nitrogens with two attached hydrogens (primary N) is 2. The summed E-state index contributed by atoms with van der Waals surface area (Å²) in [5.74, 6) is -2.30. The van der Waals surface area contributed by atoms with E-state index in [2.05, 4.69) is 10.3 Å². The molecular weight excluding hydrogens is 480 g/mol. The van der Waals surface area contributed by atoms with Gasteiger partial charge in [0.25, 0.3) is 0 Å². The maximum atomic E-state index is 12.5. The van der Waals surface area contributed by atoms with E-state index >= 15 is 0 Å². The molecule has 4 rings (SSSR count). The van der Waals surface area contributed by atoms with Crippen molar-refractivity contribution in [2.45, 2.75) is 29.8 Å². The van der Waals surface area contributed by atoms with Gasteiger partial charge in [-0.15, -0.1) is 11.3 Å². The van der Waals surface area contributed by atoms with Crippen LogP contribution < -0.4 is 22.2 Å². The van der Waals surface area contributed by atoms with Gasteiger partial charge in [0.2, 0.25) is 5.43 Å². The van der Waals surface area contributed by atoms with Crippen molar-refractivity contribution in [1.82, 2.24) is 4.98 Å². The van der Waals surface area contributed by atoms with Gasteiger partial charge in [-0.05, 0) is 48.2 Å². The van der Waals surface area contributed by atoms with Gasteiger partial charge < -0.3 is 32.1 Å². The second-order valence-electron chi connectivity index (χ2n) is 7.71. The SMILES string of the molecule is NC(Cc1cc(O)c2c(c1)SC(c1cnc3c(=O)cc(CC(N)C(=O)O)cc-3s1)=CN2)C(=O)O. The van der Waals surface area contributed by atoms with E-state index in [0.717, 1.165) is 9.78 Å². The van der Waals surface area contributed by atoms with Crippen molar-refractivity contribution in [3.8, 4) is 16.3 Å². The van der Waals surface area contributed by atoms with Crippen molar-refractivity contribution in [3.63, 3.8) is 0 Å². The minimum atomic E-state index is -1.15. The molecule has 2 heterocycles. The number of aromatic nitrogens is 1. The molecule has 0 aromatic heterocycles. The molecule has 34 heavy (non-hydrogen) atoms. The van der Waals surface area contributed by atoms with Crippen molar-refractivity contribution in [2.24, 2.45) is 11.5 Å². The molecule has 3 aliphatic rings. The fraction of sp³-hybridized carbons (Fsp3) is 0.182. The maximum Gasteiger partial charge on any atom is 0.320 e. The number of aliphatic carboxylic acids is 2. The molecule has 10 nitrogen and oxygen atoms in total. The minimum absolute atomic E-state index is 0.0182. The third kappa shape index (κ3) is 4.89. The summed E-state index contributed by atoms with van der Waals surface area (Å²) in [5, 5.41) is 31.5. The van der Waals surface area contributed by atoms with Gasteiger partial charge in [0.05, 0.1) is 15.4 Å². The molecule has 0 saturated heterocycles. The van der Waals surface area contributed by atoms with Crippen LogP contribution in [-0.4, -0.2) is 44.3 Å². The van der Waals surface area contributed by atoms with Gasteiger partial charge in [-0.1, -0.05) is 11.8 Å². The lowest BCUT2D eigenvalue weighted by Crippen LogP contribution is -2.32.